The second-order valence-corrected chi connectivity index (χ2v) is 6.18. The molecule has 1 aromatic carbocycles. The van der Waals surface area contributed by atoms with Crippen LogP contribution in [-0.2, 0) is 0 Å². The zero-order valence-electron chi connectivity index (χ0n) is 8.08. The molecule has 0 saturated carbocycles. The summed E-state index contributed by atoms with van der Waals surface area (Å²) in [6.45, 7) is 0. The van der Waals surface area contributed by atoms with Gasteiger partial charge in [-0.3, -0.25) is 4.79 Å². The van der Waals surface area contributed by atoms with Crippen molar-refractivity contribution in [2.45, 2.75) is 0 Å². The third kappa shape index (κ3) is 3.04. The number of hydrogen-bond acceptors (Lipinski definition) is 4. The van der Waals surface area contributed by atoms with Crippen molar-refractivity contribution in [1.29, 1.82) is 0 Å². The van der Waals surface area contributed by atoms with Crippen molar-refractivity contribution in [3.05, 3.63) is 36.6 Å². The van der Waals surface area contributed by atoms with Gasteiger partial charge in [-0.05, 0) is 55.6 Å². The molecule has 0 aliphatic heterocycles. The van der Waals surface area contributed by atoms with Gasteiger partial charge in [0, 0.05) is 8.95 Å². The van der Waals surface area contributed by atoms with Gasteiger partial charge in [-0.2, -0.15) is 0 Å². The van der Waals surface area contributed by atoms with Crippen LogP contribution in [-0.4, -0.2) is 16.1 Å². The molecule has 1 heterocycles. The number of para-hydroxylation sites is 1. The highest BCUT2D eigenvalue weighted by Gasteiger charge is 2.14. The molecular formula is C9H4Br2ClN3OS. The minimum absolute atomic E-state index is 0.220. The summed E-state index contributed by atoms with van der Waals surface area (Å²) >= 11 is 13.3. The summed E-state index contributed by atoms with van der Waals surface area (Å²) < 4.78 is 1.79. The van der Waals surface area contributed by atoms with Gasteiger partial charge in [-0.25, -0.2) is 0 Å². The van der Waals surface area contributed by atoms with Crippen molar-refractivity contribution in [3.63, 3.8) is 0 Å². The van der Waals surface area contributed by atoms with Crippen LogP contribution < -0.4 is 5.32 Å². The standard InChI is InChI=1S/C9H4Br2ClN3OS/c10-4-2-1-3-5(11)6(4)13-7(16)8-14-15-9(12)17-8/h1-3H,(H,13,16). The van der Waals surface area contributed by atoms with Crippen molar-refractivity contribution in [2.24, 2.45) is 0 Å². The van der Waals surface area contributed by atoms with E-state index in [1.54, 1.807) is 0 Å². The van der Waals surface area contributed by atoms with Gasteiger partial charge in [0.2, 0.25) is 9.47 Å². The highest BCUT2D eigenvalue weighted by atomic mass is 79.9. The van der Waals surface area contributed by atoms with Crippen molar-refractivity contribution in [2.75, 3.05) is 5.32 Å². The highest BCUT2D eigenvalue weighted by Crippen LogP contribution is 2.31. The summed E-state index contributed by atoms with van der Waals surface area (Å²) in [6.07, 6.45) is 0. The van der Waals surface area contributed by atoms with Crippen LogP contribution in [0.5, 0.6) is 0 Å². The molecule has 0 spiro atoms. The lowest BCUT2D eigenvalue weighted by Gasteiger charge is -2.07. The largest absolute Gasteiger partial charge is 0.318 e. The van der Waals surface area contributed by atoms with Gasteiger partial charge in [0.05, 0.1) is 5.69 Å². The second kappa shape index (κ2) is 5.43. The van der Waals surface area contributed by atoms with Crippen LogP contribution in [0.4, 0.5) is 5.69 Å². The first-order valence-electron chi connectivity index (χ1n) is 4.32. The smallest absolute Gasteiger partial charge is 0.286 e. The predicted molar refractivity (Wildman–Crippen MR) is 74.7 cm³/mol. The van der Waals surface area contributed by atoms with Gasteiger partial charge in [0.1, 0.15) is 0 Å². The summed E-state index contributed by atoms with van der Waals surface area (Å²) in [4.78, 5) is 11.8. The molecule has 0 unspecified atom stereocenters. The molecule has 17 heavy (non-hydrogen) atoms. The van der Waals surface area contributed by atoms with E-state index in [1.807, 2.05) is 18.2 Å². The maximum Gasteiger partial charge on any atom is 0.286 e. The van der Waals surface area contributed by atoms with Crippen molar-refractivity contribution in [3.8, 4) is 0 Å². The normalized spacial score (nSPS) is 10.3. The predicted octanol–water partition coefficient (Wildman–Crippen LogP) is 3.97. The van der Waals surface area contributed by atoms with E-state index in [0.717, 1.165) is 20.3 Å². The molecule has 8 heteroatoms. The SMILES string of the molecule is O=C(Nc1c(Br)cccc1Br)c1nnc(Cl)s1. The number of nitrogens with zero attached hydrogens (tertiary/aromatic N) is 2. The van der Waals surface area contributed by atoms with E-state index in [9.17, 15) is 4.79 Å². The Morgan fingerprint density at radius 3 is 2.47 bits per heavy atom. The lowest BCUT2D eigenvalue weighted by molar-refractivity contribution is 0.102. The Bertz CT molecular complexity index is 555. The average Bonchev–Trinajstić information content (AvgIpc) is 2.70. The fraction of sp³-hybridized carbons (Fsp3) is 0. The Kier molecular flexibility index (Phi) is 4.13. The van der Waals surface area contributed by atoms with Crippen LogP contribution in [0.3, 0.4) is 0 Å². The molecule has 0 saturated heterocycles. The molecule has 0 fully saturated rings. The van der Waals surface area contributed by atoms with E-state index in [-0.39, 0.29) is 15.4 Å². The lowest BCUT2D eigenvalue weighted by atomic mass is 10.3. The number of carbonyl (C=O) groups is 1. The van der Waals surface area contributed by atoms with E-state index in [1.165, 1.54) is 0 Å². The third-order valence-corrected chi connectivity index (χ3v) is 4.14. The Balaban J connectivity index is 2.24. The van der Waals surface area contributed by atoms with Gasteiger partial charge < -0.3 is 5.32 Å². The summed E-state index contributed by atoms with van der Waals surface area (Å²) in [5, 5.41) is 10.2. The van der Waals surface area contributed by atoms with E-state index in [4.69, 9.17) is 11.6 Å². The van der Waals surface area contributed by atoms with Crippen LogP contribution in [0, 0.1) is 0 Å². The molecule has 0 radical (unpaired) electrons. The Morgan fingerprint density at radius 2 is 1.94 bits per heavy atom. The molecule has 0 aliphatic carbocycles. The van der Waals surface area contributed by atoms with Crippen LogP contribution >= 0.6 is 54.8 Å². The van der Waals surface area contributed by atoms with Crippen LogP contribution in [0.1, 0.15) is 9.80 Å². The fourth-order valence-corrected chi connectivity index (χ4v) is 3.00. The van der Waals surface area contributed by atoms with Gasteiger partial charge in [-0.1, -0.05) is 17.4 Å². The minimum atomic E-state index is -0.345. The van der Waals surface area contributed by atoms with Crippen molar-refractivity contribution in [1.82, 2.24) is 10.2 Å². The first-order valence-corrected chi connectivity index (χ1v) is 7.10. The first-order chi connectivity index (χ1) is 8.08. The zero-order valence-corrected chi connectivity index (χ0v) is 12.8. The summed E-state index contributed by atoms with van der Waals surface area (Å²) in [5.41, 5.74) is 0.642. The Morgan fingerprint density at radius 1 is 1.29 bits per heavy atom. The number of amides is 1. The number of rotatable bonds is 2. The molecule has 1 aromatic heterocycles. The quantitative estimate of drug-likeness (QED) is 0.834. The van der Waals surface area contributed by atoms with Crippen LogP contribution in [0.15, 0.2) is 27.1 Å². The second-order valence-electron chi connectivity index (χ2n) is 2.91. The molecule has 0 aliphatic rings. The van der Waals surface area contributed by atoms with Crippen LogP contribution in [0.2, 0.25) is 4.47 Å². The minimum Gasteiger partial charge on any atom is -0.318 e. The molecule has 1 N–H and O–H groups in total. The van der Waals surface area contributed by atoms with Gasteiger partial charge in [0.15, 0.2) is 0 Å². The fourth-order valence-electron chi connectivity index (χ4n) is 1.08. The molecule has 0 bridgehead atoms. The Labute approximate surface area is 123 Å². The van der Waals surface area contributed by atoms with E-state index in [0.29, 0.717) is 5.69 Å². The number of aromatic nitrogens is 2. The summed E-state index contributed by atoms with van der Waals surface area (Å²) in [6, 6.07) is 5.51. The molecule has 1 amide bonds. The highest BCUT2D eigenvalue weighted by molar-refractivity contribution is 9.11. The number of carbonyl (C=O) groups excluding carboxylic acids is 1. The monoisotopic (exact) mass is 395 g/mol. The zero-order chi connectivity index (χ0) is 12.4. The third-order valence-electron chi connectivity index (χ3n) is 1.80. The maximum atomic E-state index is 11.8. The van der Waals surface area contributed by atoms with E-state index >= 15 is 0 Å². The summed E-state index contributed by atoms with van der Waals surface area (Å²) in [7, 11) is 0. The van der Waals surface area contributed by atoms with E-state index in [2.05, 4.69) is 47.4 Å². The van der Waals surface area contributed by atoms with E-state index < -0.39 is 0 Å². The topological polar surface area (TPSA) is 54.9 Å². The van der Waals surface area contributed by atoms with Crippen LogP contribution in [0.25, 0.3) is 0 Å². The maximum absolute atomic E-state index is 11.8. The number of anilines is 1. The summed E-state index contributed by atoms with van der Waals surface area (Å²) in [5.74, 6) is -0.345. The molecule has 4 nitrogen and oxygen atoms in total. The van der Waals surface area contributed by atoms with Gasteiger partial charge >= 0.3 is 0 Å². The van der Waals surface area contributed by atoms with Gasteiger partial charge in [0.25, 0.3) is 5.91 Å². The Hall–Kier alpha value is -0.500. The van der Waals surface area contributed by atoms with Crippen molar-refractivity contribution >= 4 is 66.4 Å². The lowest BCUT2D eigenvalue weighted by Crippen LogP contribution is -2.12. The molecule has 0 atom stereocenters. The molecule has 2 aromatic rings. The van der Waals surface area contributed by atoms with Gasteiger partial charge in [-0.15, -0.1) is 10.2 Å². The number of nitrogens with one attached hydrogen (secondary N) is 1. The molecule has 2 rings (SSSR count). The molecular weight excluding hydrogens is 393 g/mol. The first kappa shape index (κ1) is 12.9. The molecule has 88 valence electrons. The number of hydrogen-bond donors (Lipinski definition) is 1. The van der Waals surface area contributed by atoms with Crippen molar-refractivity contribution < 1.29 is 4.79 Å². The number of benzene rings is 1. The number of halogens is 3. The average molecular weight is 397 g/mol.